The smallest absolute Gasteiger partial charge is 0.462 e. The number of hydrogen-bond donors (Lipinski definition) is 5. The number of phosphoric acid groups is 1. The van der Waals surface area contributed by atoms with Crippen molar-refractivity contribution in [2.45, 2.75) is 205 Å². The molecule has 0 aromatic rings. The topological polar surface area (TPSA) is 180 Å². The van der Waals surface area contributed by atoms with Gasteiger partial charge in [0, 0.05) is 25.2 Å². The zero-order valence-corrected chi connectivity index (χ0v) is 33.4. The van der Waals surface area contributed by atoms with E-state index in [1.165, 1.54) is 64.2 Å². The number of hydrogen-bond acceptors (Lipinski definition) is 9. The lowest BCUT2D eigenvalue weighted by atomic mass is 9.88. The summed E-state index contributed by atoms with van der Waals surface area (Å²) in [4.78, 5) is 43.0. The van der Waals surface area contributed by atoms with Crippen LogP contribution in [0.2, 0.25) is 0 Å². The number of unbranched alkanes of at least 4 members (excludes halogenated alkanes) is 18. The predicted molar refractivity (Wildman–Crippen MR) is 204 cm³/mol. The lowest BCUT2D eigenvalue weighted by Crippen LogP contribution is -2.29. The molecule has 0 bridgehead atoms. The van der Waals surface area contributed by atoms with Crippen molar-refractivity contribution in [3.8, 4) is 0 Å². The molecule has 12 heteroatoms. The maximum atomic E-state index is 12.4. The van der Waals surface area contributed by atoms with Gasteiger partial charge in [0.05, 0.1) is 24.9 Å². The van der Waals surface area contributed by atoms with E-state index in [4.69, 9.17) is 19.3 Å². The third-order valence-corrected chi connectivity index (χ3v) is 10.6. The van der Waals surface area contributed by atoms with Gasteiger partial charge in [-0.05, 0) is 31.6 Å². The minimum atomic E-state index is -4.80. The summed E-state index contributed by atoms with van der Waals surface area (Å²) in [6.07, 6.45) is 25.7. The summed E-state index contributed by atoms with van der Waals surface area (Å²) in [5.41, 5.74) is 0. The Kier molecular flexibility index (Phi) is 29.0. The first kappa shape index (κ1) is 48.7. The van der Waals surface area contributed by atoms with E-state index in [1.54, 1.807) is 6.08 Å². The molecule has 1 aliphatic carbocycles. The Hall–Kier alpha value is -1.33. The molecule has 1 saturated carbocycles. The second kappa shape index (κ2) is 30.9. The first-order valence-corrected chi connectivity index (χ1v) is 22.3. The fourth-order valence-electron chi connectivity index (χ4n) is 7.00. The first-order chi connectivity index (χ1) is 25.0. The van der Waals surface area contributed by atoms with Crippen LogP contribution >= 0.6 is 7.82 Å². The van der Waals surface area contributed by atoms with E-state index < -0.39 is 50.8 Å². The van der Waals surface area contributed by atoms with Gasteiger partial charge in [0.15, 0.2) is 6.10 Å². The number of rotatable bonds is 34. The third kappa shape index (κ3) is 26.4. The van der Waals surface area contributed by atoms with Crippen molar-refractivity contribution in [1.82, 2.24) is 0 Å². The Bertz CT molecular complexity index is 971. The molecule has 306 valence electrons. The van der Waals surface area contributed by atoms with Crippen LogP contribution in [-0.2, 0) is 28.2 Å². The fourth-order valence-corrected chi connectivity index (χ4v) is 7.36. The van der Waals surface area contributed by atoms with Crippen LogP contribution < -0.4 is 0 Å². The third-order valence-electron chi connectivity index (χ3n) is 10.1. The molecule has 0 heterocycles. The van der Waals surface area contributed by atoms with Gasteiger partial charge in [-0.15, -0.1) is 0 Å². The van der Waals surface area contributed by atoms with Gasteiger partial charge in [-0.3, -0.25) is 14.1 Å². The average molecular weight is 763 g/mol. The molecule has 1 rings (SSSR count). The van der Waals surface area contributed by atoms with Crippen LogP contribution in [0.4, 0.5) is 0 Å². The average Bonchev–Trinajstić information content (AvgIpc) is 3.37. The summed E-state index contributed by atoms with van der Waals surface area (Å²) >= 11 is 0. The lowest BCUT2D eigenvalue weighted by molar-refractivity contribution is -0.161. The highest BCUT2D eigenvalue weighted by atomic mass is 31.2. The van der Waals surface area contributed by atoms with E-state index in [0.717, 1.165) is 64.2 Å². The molecule has 6 atom stereocenters. The Morgan fingerprint density at radius 1 is 0.692 bits per heavy atom. The quantitative estimate of drug-likeness (QED) is 0.0183. The summed E-state index contributed by atoms with van der Waals surface area (Å²) in [6, 6.07) is 0. The molecule has 0 aromatic heterocycles. The molecular formula is C40H75O11P. The molecule has 5 N–H and O–H groups in total. The van der Waals surface area contributed by atoms with Crippen molar-refractivity contribution in [2.24, 2.45) is 11.8 Å². The lowest BCUT2D eigenvalue weighted by Gasteiger charge is -2.21. The maximum absolute atomic E-state index is 12.4. The zero-order valence-electron chi connectivity index (χ0n) is 32.6. The van der Waals surface area contributed by atoms with Crippen LogP contribution in [0.15, 0.2) is 12.2 Å². The van der Waals surface area contributed by atoms with Gasteiger partial charge in [-0.25, -0.2) is 4.57 Å². The van der Waals surface area contributed by atoms with Crippen LogP contribution in [0.1, 0.15) is 181 Å². The van der Waals surface area contributed by atoms with Crippen LogP contribution in [-0.4, -0.2) is 74.7 Å². The molecule has 52 heavy (non-hydrogen) atoms. The molecule has 0 saturated heterocycles. The molecule has 0 radical (unpaired) electrons. The van der Waals surface area contributed by atoms with Gasteiger partial charge in [-0.2, -0.15) is 0 Å². The molecule has 0 aromatic carbocycles. The molecule has 11 nitrogen and oxygen atoms in total. The molecule has 0 spiro atoms. The molecule has 0 unspecified atom stereocenters. The van der Waals surface area contributed by atoms with Crippen LogP contribution in [0.3, 0.4) is 0 Å². The van der Waals surface area contributed by atoms with Gasteiger partial charge in [-0.1, -0.05) is 148 Å². The van der Waals surface area contributed by atoms with Crippen LogP contribution in [0, 0.1) is 11.8 Å². The van der Waals surface area contributed by atoms with Gasteiger partial charge >= 0.3 is 19.8 Å². The largest absolute Gasteiger partial charge is 0.469 e. The standard InChI is InChI=1S/C40H75O11P/c1-3-5-7-8-9-10-11-12-13-14-15-16-17-23-27-40(45)51-34(32-50-52(46,47)48)31-49-39(44)26-22-19-18-21-25-35-36(38(43)30-37(35)42)29-28-33(41)24-20-6-4-2/h28-29,33-38,41-43H,3-27,30-32H2,1-2H3,(H2,46,47,48)/b29-28+/t33-,34+,35+,36+,37-,38+/m0/s1. The van der Waals surface area contributed by atoms with Gasteiger partial charge in [0.25, 0.3) is 0 Å². The molecular weight excluding hydrogens is 687 g/mol. The van der Waals surface area contributed by atoms with E-state index >= 15 is 0 Å². The highest BCUT2D eigenvalue weighted by Crippen LogP contribution is 2.38. The number of carbonyl (C=O) groups is 2. The van der Waals surface area contributed by atoms with Gasteiger partial charge in [0.1, 0.15) is 6.61 Å². The van der Waals surface area contributed by atoms with Crippen molar-refractivity contribution >= 4 is 19.8 Å². The summed E-state index contributed by atoms with van der Waals surface area (Å²) in [5, 5.41) is 31.2. The Morgan fingerprint density at radius 3 is 1.75 bits per heavy atom. The highest BCUT2D eigenvalue weighted by molar-refractivity contribution is 7.46. The SMILES string of the molecule is CCCCCCCCCCCCCCCCC(=O)O[C@H](COC(=O)CCCCCC[C@@H]1[C@@H](/C=C/[C@@H](O)CCCCC)[C@H](O)C[C@@H]1O)COP(=O)(O)O. The van der Waals surface area contributed by atoms with E-state index in [-0.39, 0.29) is 31.3 Å². The normalized spacial score (nSPS) is 20.4. The van der Waals surface area contributed by atoms with E-state index in [0.29, 0.717) is 25.7 Å². The van der Waals surface area contributed by atoms with Crippen molar-refractivity contribution in [1.29, 1.82) is 0 Å². The minimum absolute atomic E-state index is 0.0801. The number of esters is 2. The van der Waals surface area contributed by atoms with Gasteiger partial charge in [0.2, 0.25) is 0 Å². The zero-order chi connectivity index (χ0) is 38.5. The van der Waals surface area contributed by atoms with E-state index in [2.05, 4.69) is 18.4 Å². The van der Waals surface area contributed by atoms with E-state index in [1.807, 2.05) is 6.08 Å². The highest BCUT2D eigenvalue weighted by Gasteiger charge is 2.39. The Labute approximate surface area is 314 Å². The summed E-state index contributed by atoms with van der Waals surface area (Å²) in [7, 11) is -4.80. The van der Waals surface area contributed by atoms with E-state index in [9.17, 15) is 29.5 Å². The maximum Gasteiger partial charge on any atom is 0.469 e. The predicted octanol–water partition coefficient (Wildman–Crippen LogP) is 8.62. The van der Waals surface area contributed by atoms with Gasteiger partial charge < -0.3 is 34.6 Å². The molecule has 1 fully saturated rings. The Balaban J connectivity index is 2.26. The number of aliphatic hydroxyl groups excluding tert-OH is 3. The minimum Gasteiger partial charge on any atom is -0.462 e. The molecule has 0 aliphatic heterocycles. The number of ether oxygens (including phenoxy) is 2. The second-order valence-electron chi connectivity index (χ2n) is 14.9. The van der Waals surface area contributed by atoms with Crippen molar-refractivity contribution in [3.05, 3.63) is 12.2 Å². The summed E-state index contributed by atoms with van der Waals surface area (Å²) in [5.74, 6) is -1.29. The second-order valence-corrected chi connectivity index (χ2v) is 16.2. The monoisotopic (exact) mass is 763 g/mol. The summed E-state index contributed by atoms with van der Waals surface area (Å²) in [6.45, 7) is 3.41. The Morgan fingerprint density at radius 2 is 1.19 bits per heavy atom. The molecule has 1 aliphatic rings. The van der Waals surface area contributed by atoms with Crippen molar-refractivity contribution < 1.29 is 53.3 Å². The first-order valence-electron chi connectivity index (χ1n) is 20.7. The fraction of sp³-hybridized carbons (Fsp3) is 0.900. The number of carbonyl (C=O) groups excluding carboxylic acids is 2. The summed E-state index contributed by atoms with van der Waals surface area (Å²) < 4.78 is 26.4. The van der Waals surface area contributed by atoms with Crippen molar-refractivity contribution in [3.63, 3.8) is 0 Å². The number of phosphoric ester groups is 1. The van der Waals surface area contributed by atoms with Crippen LogP contribution in [0.5, 0.6) is 0 Å². The van der Waals surface area contributed by atoms with Crippen LogP contribution in [0.25, 0.3) is 0 Å². The number of aliphatic hydroxyl groups is 3. The van der Waals surface area contributed by atoms with Crippen molar-refractivity contribution in [2.75, 3.05) is 13.2 Å². The molecule has 0 amide bonds.